The van der Waals surface area contributed by atoms with Crippen molar-refractivity contribution in [1.29, 1.82) is 5.26 Å². The van der Waals surface area contributed by atoms with E-state index in [1.165, 1.54) is 6.92 Å². The Labute approximate surface area is 118 Å². The first-order valence-corrected chi connectivity index (χ1v) is 6.27. The molecule has 21 heavy (non-hydrogen) atoms. The number of nitriles is 1. The lowest BCUT2D eigenvalue weighted by molar-refractivity contribution is -0.263. The van der Waals surface area contributed by atoms with E-state index in [0.29, 0.717) is 11.3 Å². The van der Waals surface area contributed by atoms with E-state index < -0.39 is 34.7 Å². The second-order valence-electron chi connectivity index (χ2n) is 4.51. The topological polar surface area (TPSA) is 23.8 Å². The number of aryl methyl sites for hydroxylation is 1. The van der Waals surface area contributed by atoms with Crippen LogP contribution in [0.1, 0.15) is 20.9 Å². The lowest BCUT2D eigenvalue weighted by Crippen LogP contribution is -2.48. The van der Waals surface area contributed by atoms with Crippen LogP contribution in [-0.4, -0.2) is 17.8 Å². The Bertz CT molecular complexity index is 693. The van der Waals surface area contributed by atoms with Gasteiger partial charge in [-0.15, -0.1) is 11.3 Å². The van der Waals surface area contributed by atoms with Gasteiger partial charge in [-0.2, -0.15) is 31.6 Å². The van der Waals surface area contributed by atoms with Gasteiger partial charge in [0.2, 0.25) is 0 Å². The van der Waals surface area contributed by atoms with E-state index in [0.717, 1.165) is 6.92 Å². The number of hydrogen-bond donors (Lipinski definition) is 0. The minimum absolute atomic E-state index is 0.109. The zero-order valence-electron chi connectivity index (χ0n) is 10.5. The van der Waals surface area contributed by atoms with Gasteiger partial charge in [0.25, 0.3) is 0 Å². The lowest BCUT2D eigenvalue weighted by Gasteiger charge is -2.24. The normalized spacial score (nSPS) is 22.5. The van der Waals surface area contributed by atoms with Crippen LogP contribution < -0.4 is 0 Å². The molecule has 1 aromatic rings. The van der Waals surface area contributed by atoms with E-state index in [1.807, 2.05) is 0 Å². The molecule has 0 saturated heterocycles. The second kappa shape index (κ2) is 4.22. The predicted octanol–water partition coefficient (Wildman–Crippen LogP) is 4.84. The summed E-state index contributed by atoms with van der Waals surface area (Å²) < 4.78 is 93.7. The molecule has 1 aliphatic rings. The molecule has 1 nitrogen and oxygen atoms in total. The third kappa shape index (κ3) is 1.68. The number of halogens is 7. The van der Waals surface area contributed by atoms with Crippen molar-refractivity contribution in [3.63, 3.8) is 0 Å². The molecule has 1 aromatic heterocycles. The van der Waals surface area contributed by atoms with Crippen molar-refractivity contribution >= 4 is 16.9 Å². The van der Waals surface area contributed by atoms with Crippen molar-refractivity contribution in [2.24, 2.45) is 0 Å². The fourth-order valence-electron chi connectivity index (χ4n) is 2.18. The predicted molar refractivity (Wildman–Crippen MR) is 61.4 cm³/mol. The van der Waals surface area contributed by atoms with E-state index in [-0.39, 0.29) is 15.3 Å². The van der Waals surface area contributed by atoms with Gasteiger partial charge in [0.05, 0.1) is 5.57 Å². The third-order valence-electron chi connectivity index (χ3n) is 3.27. The van der Waals surface area contributed by atoms with Gasteiger partial charge in [-0.3, -0.25) is 0 Å². The van der Waals surface area contributed by atoms with Crippen LogP contribution in [0.15, 0.2) is 5.83 Å². The fourth-order valence-corrected chi connectivity index (χ4v) is 3.15. The largest absolute Gasteiger partial charge is 0.383 e. The van der Waals surface area contributed by atoms with Crippen LogP contribution in [0.2, 0.25) is 0 Å². The fraction of sp³-hybridized carbons (Fsp3) is 0.417. The van der Waals surface area contributed by atoms with Crippen LogP contribution in [0.4, 0.5) is 30.7 Å². The highest BCUT2D eigenvalue weighted by molar-refractivity contribution is 7.13. The Hall–Kier alpha value is -1.56. The van der Waals surface area contributed by atoms with Crippen LogP contribution in [-0.2, 0) is 0 Å². The molecule has 9 heteroatoms. The van der Waals surface area contributed by atoms with Gasteiger partial charge in [0.1, 0.15) is 10.9 Å². The minimum atomic E-state index is -5.87. The van der Waals surface area contributed by atoms with Crippen molar-refractivity contribution in [1.82, 2.24) is 0 Å². The first-order chi connectivity index (χ1) is 9.41. The van der Waals surface area contributed by atoms with Crippen molar-refractivity contribution in [2.75, 3.05) is 0 Å². The maximum absolute atomic E-state index is 13.7. The molecule has 2 rings (SSSR count). The Morgan fingerprint density at radius 3 is 1.86 bits per heavy atom. The summed E-state index contributed by atoms with van der Waals surface area (Å²) in [6.45, 7) is 2.28. The first-order valence-electron chi connectivity index (χ1n) is 5.45. The number of hydrogen-bond acceptors (Lipinski definition) is 2. The molecule has 114 valence electrons. The van der Waals surface area contributed by atoms with E-state index in [2.05, 4.69) is 0 Å². The average molecular weight is 329 g/mol. The van der Waals surface area contributed by atoms with Gasteiger partial charge >= 0.3 is 17.8 Å². The van der Waals surface area contributed by atoms with Crippen molar-refractivity contribution in [2.45, 2.75) is 31.6 Å². The molecule has 0 bridgehead atoms. The molecule has 0 unspecified atom stereocenters. The van der Waals surface area contributed by atoms with Crippen LogP contribution in [0.5, 0.6) is 0 Å². The quantitative estimate of drug-likeness (QED) is 0.677. The SMILES string of the molecule is Cc1sc(C#N)c(C)c1C1=C(F)C(F)(F)C(F)(F)C1(F)F. The molecule has 0 amide bonds. The molecule has 0 spiro atoms. The number of alkyl halides is 6. The molecular weight excluding hydrogens is 323 g/mol. The maximum atomic E-state index is 13.7. The van der Waals surface area contributed by atoms with Crippen molar-refractivity contribution < 1.29 is 30.7 Å². The zero-order chi connectivity index (χ0) is 16.4. The van der Waals surface area contributed by atoms with Gasteiger partial charge in [-0.05, 0) is 19.4 Å². The molecule has 0 saturated carbocycles. The van der Waals surface area contributed by atoms with Gasteiger partial charge in [-0.1, -0.05) is 0 Å². The highest BCUT2D eigenvalue weighted by Gasteiger charge is 2.81. The van der Waals surface area contributed by atoms with Crippen LogP contribution in [0.25, 0.3) is 5.57 Å². The summed E-state index contributed by atoms with van der Waals surface area (Å²) in [7, 11) is 0. The van der Waals surface area contributed by atoms with E-state index >= 15 is 0 Å². The summed E-state index contributed by atoms with van der Waals surface area (Å²) in [6.07, 6.45) is 0. The van der Waals surface area contributed by atoms with Crippen LogP contribution in [0, 0.1) is 25.2 Å². The summed E-state index contributed by atoms with van der Waals surface area (Å²) in [5, 5.41) is 8.77. The summed E-state index contributed by atoms with van der Waals surface area (Å²) in [5.74, 6) is -19.7. The monoisotopic (exact) mass is 329 g/mol. The molecule has 0 atom stereocenters. The Morgan fingerprint density at radius 1 is 1.00 bits per heavy atom. The Kier molecular flexibility index (Phi) is 3.18. The number of rotatable bonds is 1. The highest BCUT2D eigenvalue weighted by atomic mass is 32.1. The van der Waals surface area contributed by atoms with Crippen molar-refractivity contribution in [3.05, 3.63) is 26.7 Å². The van der Waals surface area contributed by atoms with Crippen LogP contribution >= 0.6 is 11.3 Å². The Balaban J connectivity index is 2.84. The van der Waals surface area contributed by atoms with E-state index in [9.17, 15) is 30.7 Å². The molecule has 0 fully saturated rings. The summed E-state index contributed by atoms with van der Waals surface area (Å²) in [4.78, 5) is -0.237. The molecule has 0 aliphatic heterocycles. The van der Waals surface area contributed by atoms with Gasteiger partial charge < -0.3 is 0 Å². The maximum Gasteiger partial charge on any atom is 0.383 e. The number of allylic oxidation sites excluding steroid dienone is 2. The summed E-state index contributed by atoms with van der Waals surface area (Å²) in [6, 6.07) is 1.62. The zero-order valence-corrected chi connectivity index (χ0v) is 11.3. The second-order valence-corrected chi connectivity index (χ2v) is 5.74. The molecule has 0 radical (unpaired) electrons. The molecule has 0 N–H and O–H groups in total. The van der Waals surface area contributed by atoms with Gasteiger partial charge in [0.15, 0.2) is 5.83 Å². The van der Waals surface area contributed by atoms with Gasteiger partial charge in [0, 0.05) is 10.4 Å². The number of thiophene rings is 1. The smallest absolute Gasteiger partial charge is 0.204 e. The summed E-state index contributed by atoms with van der Waals surface area (Å²) in [5.41, 5.74) is -3.01. The van der Waals surface area contributed by atoms with E-state index in [1.54, 1.807) is 6.07 Å². The van der Waals surface area contributed by atoms with E-state index in [4.69, 9.17) is 5.26 Å². The van der Waals surface area contributed by atoms with Crippen molar-refractivity contribution in [3.8, 4) is 6.07 Å². The first kappa shape index (κ1) is 15.8. The molecule has 1 aliphatic carbocycles. The molecule has 1 heterocycles. The average Bonchev–Trinajstić information content (AvgIpc) is 2.68. The summed E-state index contributed by atoms with van der Waals surface area (Å²) >= 11 is 0.646. The molecule has 0 aromatic carbocycles. The van der Waals surface area contributed by atoms with Gasteiger partial charge in [-0.25, -0.2) is 4.39 Å². The number of nitrogens with zero attached hydrogens (tertiary/aromatic N) is 1. The standard InChI is InChI=1S/C12H6F7NS/c1-4-6(3-20)21-5(2)7(4)8-9(13)11(16,17)12(18,19)10(8,14)15/h1-2H3. The highest BCUT2D eigenvalue weighted by Crippen LogP contribution is 2.63. The lowest BCUT2D eigenvalue weighted by atomic mass is 9.97. The van der Waals surface area contributed by atoms with Crippen LogP contribution in [0.3, 0.4) is 0 Å². The third-order valence-corrected chi connectivity index (χ3v) is 4.38. The Morgan fingerprint density at radius 2 is 1.52 bits per heavy atom. The molecular formula is C12H6F7NS. The minimum Gasteiger partial charge on any atom is -0.204 e.